The van der Waals surface area contributed by atoms with Gasteiger partial charge in [-0.15, -0.1) is 6.58 Å². The molecule has 32 heteroatoms. The third-order valence-electron chi connectivity index (χ3n) is 8.78. The van der Waals surface area contributed by atoms with Crippen molar-refractivity contribution in [1.82, 2.24) is 38.6 Å². The predicted molar refractivity (Wildman–Crippen MR) is 182 cm³/mol. The average molecular weight is 882 g/mol. The standard InChI is InChI=1S/C26H35N10O19P3/c1-4-5-34-12-18(31-24(28)33-20(12)40)36(25(34)41)22-16-15(52-26(2,3)53-16)10(51-22)7-49-57(44,45)55-58(46,47)54-56(42,43)48-6-9-13(37)14(38)21(50-9)35-8-29-11-17(35)30-23(27)32-19(11)39/h4,8-10,13-16,21-22,37-38H,1,5-7H2,2-3H3,(H,42,43)(H,44,45)(H,46,47)(H3,27,30,32,39)(H3,28,31,33,40)/p-3/t9?,10-,13-,14-,15-,16+,21-,22-/m1/s1. The summed E-state index contributed by atoms with van der Waals surface area (Å²) in [6, 6.07) is 0. The van der Waals surface area contributed by atoms with Gasteiger partial charge in [0, 0.05) is 6.54 Å². The maximum absolute atomic E-state index is 13.6. The number of imidazole rings is 2. The molecule has 318 valence electrons. The molecule has 0 aliphatic carbocycles. The summed E-state index contributed by atoms with van der Waals surface area (Å²) in [5.74, 6) is -2.04. The first kappa shape index (κ1) is 42.1. The molecule has 3 saturated heterocycles. The van der Waals surface area contributed by atoms with Crippen LogP contribution in [0.3, 0.4) is 0 Å². The molecule has 58 heavy (non-hydrogen) atoms. The lowest BCUT2D eigenvalue weighted by molar-refractivity contribution is -0.253. The number of aliphatic hydroxyl groups is 2. The van der Waals surface area contributed by atoms with Gasteiger partial charge < -0.3 is 64.4 Å². The Morgan fingerprint density at radius 2 is 1.45 bits per heavy atom. The second-order valence-corrected chi connectivity index (χ2v) is 17.7. The molecule has 4 unspecified atom stereocenters. The smallest absolute Gasteiger partial charge is 0.333 e. The van der Waals surface area contributed by atoms with E-state index in [-0.39, 0.29) is 40.8 Å². The molecule has 3 fully saturated rings. The van der Waals surface area contributed by atoms with Crippen LogP contribution in [-0.4, -0.2) is 104 Å². The molecule has 0 saturated carbocycles. The summed E-state index contributed by atoms with van der Waals surface area (Å²) in [7, 11) is -18.5. The van der Waals surface area contributed by atoms with Crippen LogP contribution in [-0.2, 0) is 56.9 Å². The van der Waals surface area contributed by atoms with Gasteiger partial charge in [0.05, 0.1) is 19.5 Å². The summed E-state index contributed by atoms with van der Waals surface area (Å²) in [5.41, 5.74) is 8.08. The summed E-state index contributed by atoms with van der Waals surface area (Å²) >= 11 is 0. The molecular weight excluding hydrogens is 849 g/mol. The van der Waals surface area contributed by atoms with E-state index >= 15 is 0 Å². The van der Waals surface area contributed by atoms with Crippen molar-refractivity contribution in [2.45, 2.75) is 75.3 Å². The van der Waals surface area contributed by atoms with Crippen molar-refractivity contribution in [2.75, 3.05) is 24.7 Å². The second kappa shape index (κ2) is 14.9. The zero-order valence-electron chi connectivity index (χ0n) is 29.6. The maximum atomic E-state index is 13.6. The van der Waals surface area contributed by atoms with Gasteiger partial charge in [-0.3, -0.25) is 42.4 Å². The van der Waals surface area contributed by atoms with Crippen LogP contribution in [0.25, 0.3) is 22.3 Å². The van der Waals surface area contributed by atoms with Crippen molar-refractivity contribution in [3.63, 3.8) is 0 Å². The number of nitrogens with two attached hydrogens (primary N) is 2. The highest BCUT2D eigenvalue weighted by Gasteiger charge is 2.57. The lowest BCUT2D eigenvalue weighted by Gasteiger charge is -2.35. The number of aromatic amines is 2. The SMILES string of the molecule is C=CCn1c(=O)n([C@@H]2O[C@H](COP(=O)([O-])OP(=O)([O-])OP(=O)([O-])OCC3O[C@@H](n4cnc5c(=O)[nH]c(N)nc54)[C@H](O)[C@@H]3O)[C@H]3OC(C)(C)O[C@@H]32)c2nc(N)[nH]c(=O)c21. The van der Waals surface area contributed by atoms with E-state index in [1.165, 1.54) is 19.9 Å². The van der Waals surface area contributed by atoms with E-state index in [0.717, 1.165) is 20.0 Å². The Bertz CT molecular complexity index is 2610. The lowest BCUT2D eigenvalue weighted by Crippen LogP contribution is -2.34. The number of nitrogens with zero attached hydrogens (tertiary/aromatic N) is 6. The molecule has 29 nitrogen and oxygen atoms in total. The summed E-state index contributed by atoms with van der Waals surface area (Å²) in [6.45, 7) is 4.13. The van der Waals surface area contributed by atoms with E-state index in [1.54, 1.807) is 0 Å². The highest BCUT2D eigenvalue weighted by molar-refractivity contribution is 7.65. The predicted octanol–water partition coefficient (Wildman–Crippen LogP) is -4.12. The van der Waals surface area contributed by atoms with Gasteiger partial charge >= 0.3 is 5.69 Å². The van der Waals surface area contributed by atoms with E-state index < -0.39 is 108 Å². The Morgan fingerprint density at radius 3 is 2.09 bits per heavy atom. The maximum Gasteiger partial charge on any atom is 0.333 e. The minimum absolute atomic E-state index is 0.148. The molecule has 0 bridgehead atoms. The molecule has 8 N–H and O–H groups in total. The zero-order valence-corrected chi connectivity index (χ0v) is 32.3. The third kappa shape index (κ3) is 8.01. The van der Waals surface area contributed by atoms with E-state index in [1.807, 2.05) is 0 Å². The van der Waals surface area contributed by atoms with Crippen LogP contribution in [0.15, 0.2) is 33.4 Å². The number of nitrogens with one attached hydrogen (secondary N) is 2. The van der Waals surface area contributed by atoms with E-state index in [9.17, 15) is 53.0 Å². The van der Waals surface area contributed by atoms with Crippen molar-refractivity contribution < 1.29 is 75.2 Å². The van der Waals surface area contributed by atoms with Gasteiger partial charge in [0.2, 0.25) is 11.9 Å². The molecule has 7 heterocycles. The molecular formula is C26H32N10O19P3-3. The van der Waals surface area contributed by atoms with Crippen LogP contribution >= 0.6 is 23.5 Å². The van der Waals surface area contributed by atoms with Gasteiger partial charge in [-0.2, -0.15) is 9.97 Å². The molecule has 4 aromatic heterocycles. The van der Waals surface area contributed by atoms with Crippen molar-refractivity contribution >= 4 is 57.7 Å². The average Bonchev–Trinajstić information content (AvgIpc) is 3.86. The van der Waals surface area contributed by atoms with Gasteiger partial charge in [0.25, 0.3) is 34.6 Å². The molecule has 3 aliphatic heterocycles. The summed E-state index contributed by atoms with van der Waals surface area (Å²) in [6.07, 6.45) is -9.89. The Labute approximate surface area is 321 Å². The molecule has 4 aromatic rings. The number of fused-ring (bicyclic) bond motifs is 3. The first-order valence-corrected chi connectivity index (χ1v) is 20.9. The molecule has 7 rings (SSSR count). The van der Waals surface area contributed by atoms with Gasteiger partial charge in [-0.25, -0.2) is 23.0 Å². The van der Waals surface area contributed by atoms with Gasteiger partial charge in [0.1, 0.15) is 36.6 Å². The number of aliphatic hydroxyl groups excluding tert-OH is 2. The third-order valence-corrected chi connectivity index (χ3v) is 12.9. The molecule has 0 aromatic carbocycles. The number of allylic oxidation sites excluding steroid dienone is 1. The highest BCUT2D eigenvalue weighted by Crippen LogP contribution is 2.63. The fourth-order valence-corrected chi connectivity index (χ4v) is 9.97. The molecule has 0 amide bonds. The number of hydrogen-bond donors (Lipinski definition) is 6. The summed E-state index contributed by atoms with van der Waals surface area (Å²) < 4.78 is 80.7. The van der Waals surface area contributed by atoms with Crippen LogP contribution in [0.5, 0.6) is 0 Å². The van der Waals surface area contributed by atoms with Crippen LogP contribution in [0, 0.1) is 0 Å². The number of nitrogen functional groups attached to an aromatic ring is 2. The van der Waals surface area contributed by atoms with Gasteiger partial charge in [-0.1, -0.05) is 6.08 Å². The first-order chi connectivity index (χ1) is 27.0. The van der Waals surface area contributed by atoms with Crippen molar-refractivity contribution in [2.24, 2.45) is 0 Å². The first-order valence-electron chi connectivity index (χ1n) is 16.5. The van der Waals surface area contributed by atoms with Crippen molar-refractivity contribution in [3.8, 4) is 0 Å². The number of hydrogen-bond acceptors (Lipinski definition) is 24. The highest BCUT2D eigenvalue weighted by atomic mass is 31.3. The number of ether oxygens (including phenoxy) is 4. The normalized spacial score (nSPS) is 30.0. The zero-order chi connectivity index (χ0) is 42.3. The number of aromatic nitrogens is 8. The fourth-order valence-electron chi connectivity index (χ4n) is 6.59. The van der Waals surface area contributed by atoms with Crippen LogP contribution in [0.4, 0.5) is 11.9 Å². The Balaban J connectivity index is 1.00. The van der Waals surface area contributed by atoms with E-state index in [2.05, 4.69) is 44.6 Å². The van der Waals surface area contributed by atoms with Gasteiger partial charge in [-0.05, 0) is 13.8 Å². The number of rotatable bonds is 14. The number of phosphoric ester groups is 2. The molecule has 11 atom stereocenters. The van der Waals surface area contributed by atoms with Crippen molar-refractivity contribution in [1.29, 1.82) is 0 Å². The lowest BCUT2D eigenvalue weighted by atomic mass is 10.1. The molecule has 0 spiro atoms. The van der Waals surface area contributed by atoms with E-state index in [0.29, 0.717) is 0 Å². The quantitative estimate of drug-likeness (QED) is 0.0517. The van der Waals surface area contributed by atoms with Crippen LogP contribution < -0.4 is 43.0 Å². The van der Waals surface area contributed by atoms with E-state index in [4.69, 9.17) is 34.9 Å². The Hall–Kier alpha value is -3.99. The van der Waals surface area contributed by atoms with Crippen LogP contribution in [0.2, 0.25) is 0 Å². The fraction of sp³-hybridized carbons (Fsp3) is 0.538. The Kier molecular flexibility index (Phi) is 10.8. The topological polar surface area (TPSA) is 423 Å². The summed E-state index contributed by atoms with van der Waals surface area (Å²) in [4.78, 5) is 92.4. The second-order valence-electron chi connectivity index (χ2n) is 13.2. The van der Waals surface area contributed by atoms with Gasteiger partial charge in [0.15, 0.2) is 40.6 Å². The number of H-pyrrole nitrogens is 2. The molecule has 3 aliphatic rings. The Morgan fingerprint density at radius 1 is 0.879 bits per heavy atom. The number of anilines is 2. The van der Waals surface area contributed by atoms with Crippen molar-refractivity contribution in [3.05, 3.63) is 50.2 Å². The molecule has 0 radical (unpaired) electrons. The minimum Gasteiger partial charge on any atom is -0.756 e. The summed E-state index contributed by atoms with van der Waals surface area (Å²) in [5, 5.41) is 21.0. The minimum atomic E-state index is -6.40. The largest absolute Gasteiger partial charge is 0.756 e. The number of phosphoric acid groups is 3. The van der Waals surface area contributed by atoms with Crippen LogP contribution in [0.1, 0.15) is 26.3 Å². The monoisotopic (exact) mass is 881 g/mol.